The summed E-state index contributed by atoms with van der Waals surface area (Å²) in [6, 6.07) is 12.0. The van der Waals surface area contributed by atoms with Crippen LogP contribution >= 0.6 is 39.3 Å². The SMILES string of the molecule is CCOC(=O)COc1c(Cl)cc(/C=C2\SC(=O)N(c3ccccc3)C2=O)cc1Br. The largest absolute Gasteiger partial charge is 0.479 e. The van der Waals surface area contributed by atoms with Crippen molar-refractivity contribution in [3.8, 4) is 5.75 Å². The van der Waals surface area contributed by atoms with Crippen molar-refractivity contribution in [2.45, 2.75) is 6.92 Å². The third-order valence-corrected chi connectivity index (χ3v) is 5.51. The molecule has 1 saturated heterocycles. The maximum atomic E-state index is 12.7. The van der Waals surface area contributed by atoms with E-state index in [1.165, 1.54) is 0 Å². The number of para-hydroxylation sites is 1. The number of hydrogen-bond donors (Lipinski definition) is 0. The lowest BCUT2D eigenvalue weighted by molar-refractivity contribution is -0.145. The fourth-order valence-electron chi connectivity index (χ4n) is 2.55. The highest BCUT2D eigenvalue weighted by Crippen LogP contribution is 2.38. The molecule has 0 aliphatic carbocycles. The molecule has 0 bridgehead atoms. The predicted octanol–water partition coefficient (Wildman–Crippen LogP) is 5.29. The minimum Gasteiger partial charge on any atom is -0.479 e. The Labute approximate surface area is 184 Å². The molecule has 0 radical (unpaired) electrons. The van der Waals surface area contributed by atoms with Gasteiger partial charge in [0.2, 0.25) is 0 Å². The molecule has 2 aromatic rings. The van der Waals surface area contributed by atoms with Gasteiger partial charge in [-0.25, -0.2) is 9.69 Å². The van der Waals surface area contributed by atoms with Crippen LogP contribution in [0.3, 0.4) is 0 Å². The first-order valence-corrected chi connectivity index (χ1v) is 10.5. The van der Waals surface area contributed by atoms with Crippen molar-refractivity contribution in [1.29, 1.82) is 0 Å². The van der Waals surface area contributed by atoms with Crippen LogP contribution in [0.25, 0.3) is 6.08 Å². The Morgan fingerprint density at radius 1 is 1.24 bits per heavy atom. The standard InChI is InChI=1S/C20H15BrClNO5S/c1-2-27-17(24)11-28-18-14(21)8-12(9-15(18)22)10-16-19(25)23(20(26)29-16)13-6-4-3-5-7-13/h3-10H,2,11H2,1H3/b16-10-. The molecule has 2 aromatic carbocycles. The second kappa shape index (κ2) is 9.47. The molecular weight excluding hydrogens is 482 g/mol. The molecule has 0 atom stereocenters. The lowest BCUT2D eigenvalue weighted by Crippen LogP contribution is -2.27. The fourth-order valence-corrected chi connectivity index (χ4v) is 4.38. The van der Waals surface area contributed by atoms with Crippen LogP contribution in [-0.4, -0.2) is 30.3 Å². The zero-order chi connectivity index (χ0) is 21.0. The van der Waals surface area contributed by atoms with Crippen molar-refractivity contribution < 1.29 is 23.9 Å². The number of imide groups is 1. The van der Waals surface area contributed by atoms with E-state index in [1.54, 1.807) is 49.4 Å². The molecule has 3 rings (SSSR count). The second-order valence-electron chi connectivity index (χ2n) is 5.76. The number of carbonyl (C=O) groups is 3. The second-order valence-corrected chi connectivity index (χ2v) is 8.01. The number of benzene rings is 2. The number of anilines is 1. The molecule has 2 amide bonds. The van der Waals surface area contributed by atoms with E-state index in [1.807, 2.05) is 6.07 Å². The summed E-state index contributed by atoms with van der Waals surface area (Å²) >= 11 is 10.5. The van der Waals surface area contributed by atoms with Crippen LogP contribution in [0.1, 0.15) is 12.5 Å². The van der Waals surface area contributed by atoms with Crippen molar-refractivity contribution in [3.63, 3.8) is 0 Å². The number of nitrogens with zero attached hydrogens (tertiary/aromatic N) is 1. The topological polar surface area (TPSA) is 72.9 Å². The summed E-state index contributed by atoms with van der Waals surface area (Å²) < 4.78 is 10.7. The van der Waals surface area contributed by atoms with Crippen LogP contribution in [0.5, 0.6) is 5.75 Å². The van der Waals surface area contributed by atoms with Gasteiger partial charge in [0, 0.05) is 0 Å². The van der Waals surface area contributed by atoms with Crippen LogP contribution in [0.4, 0.5) is 10.5 Å². The zero-order valence-electron chi connectivity index (χ0n) is 15.2. The van der Waals surface area contributed by atoms with Crippen LogP contribution < -0.4 is 9.64 Å². The zero-order valence-corrected chi connectivity index (χ0v) is 18.3. The van der Waals surface area contributed by atoms with E-state index >= 15 is 0 Å². The van der Waals surface area contributed by atoms with E-state index in [0.29, 0.717) is 15.7 Å². The molecule has 1 heterocycles. The summed E-state index contributed by atoms with van der Waals surface area (Å²) in [5.41, 5.74) is 1.12. The van der Waals surface area contributed by atoms with E-state index in [-0.39, 0.29) is 34.1 Å². The first-order valence-electron chi connectivity index (χ1n) is 8.51. The first kappa shape index (κ1) is 21.4. The minimum absolute atomic E-state index is 0.247. The smallest absolute Gasteiger partial charge is 0.344 e. The molecular formula is C20H15BrClNO5S. The number of carbonyl (C=O) groups excluding carboxylic acids is 3. The molecule has 150 valence electrons. The molecule has 0 aromatic heterocycles. The Balaban J connectivity index is 1.81. The number of hydrogen-bond acceptors (Lipinski definition) is 6. The Morgan fingerprint density at radius 2 is 1.97 bits per heavy atom. The fraction of sp³-hybridized carbons (Fsp3) is 0.150. The monoisotopic (exact) mass is 495 g/mol. The molecule has 0 saturated carbocycles. The lowest BCUT2D eigenvalue weighted by atomic mass is 10.2. The number of amides is 2. The highest BCUT2D eigenvalue weighted by molar-refractivity contribution is 9.10. The average Bonchev–Trinajstić information content (AvgIpc) is 2.95. The Morgan fingerprint density at radius 3 is 2.62 bits per heavy atom. The first-order chi connectivity index (χ1) is 13.9. The molecule has 29 heavy (non-hydrogen) atoms. The van der Waals surface area contributed by atoms with Crippen molar-refractivity contribution in [2.75, 3.05) is 18.1 Å². The van der Waals surface area contributed by atoms with Gasteiger partial charge in [0.1, 0.15) is 0 Å². The molecule has 1 fully saturated rings. The van der Waals surface area contributed by atoms with Crippen molar-refractivity contribution >= 4 is 68.2 Å². The van der Waals surface area contributed by atoms with Crippen LogP contribution in [0.15, 0.2) is 51.8 Å². The predicted molar refractivity (Wildman–Crippen MR) is 116 cm³/mol. The van der Waals surface area contributed by atoms with Crippen LogP contribution in [0.2, 0.25) is 5.02 Å². The maximum absolute atomic E-state index is 12.7. The normalized spacial score (nSPS) is 15.1. The molecule has 0 N–H and O–H groups in total. The van der Waals surface area contributed by atoms with E-state index in [0.717, 1.165) is 16.7 Å². The summed E-state index contributed by atoms with van der Waals surface area (Å²) in [7, 11) is 0. The summed E-state index contributed by atoms with van der Waals surface area (Å²) in [4.78, 5) is 37.9. The van der Waals surface area contributed by atoms with Crippen molar-refractivity contribution in [3.05, 3.63) is 62.4 Å². The Bertz CT molecular complexity index is 973. The maximum Gasteiger partial charge on any atom is 0.344 e. The molecule has 9 heteroatoms. The lowest BCUT2D eigenvalue weighted by Gasteiger charge is -2.12. The van der Waals surface area contributed by atoms with Gasteiger partial charge in [-0.15, -0.1) is 0 Å². The molecule has 1 aliphatic heterocycles. The van der Waals surface area contributed by atoms with E-state index in [9.17, 15) is 14.4 Å². The van der Waals surface area contributed by atoms with Crippen LogP contribution in [0, 0.1) is 0 Å². The summed E-state index contributed by atoms with van der Waals surface area (Å²) in [6.07, 6.45) is 1.58. The summed E-state index contributed by atoms with van der Waals surface area (Å²) in [5, 5.41) is -0.121. The van der Waals surface area contributed by atoms with Gasteiger partial charge < -0.3 is 9.47 Å². The van der Waals surface area contributed by atoms with Gasteiger partial charge in [0.25, 0.3) is 11.1 Å². The average molecular weight is 497 g/mol. The van der Waals surface area contributed by atoms with Gasteiger partial charge in [-0.2, -0.15) is 0 Å². The van der Waals surface area contributed by atoms with Gasteiger partial charge >= 0.3 is 5.97 Å². The molecule has 0 unspecified atom stereocenters. The van der Waals surface area contributed by atoms with Gasteiger partial charge in [-0.05, 0) is 70.5 Å². The number of esters is 1. The summed E-state index contributed by atoms with van der Waals surface area (Å²) in [5.74, 6) is -0.621. The van der Waals surface area contributed by atoms with Crippen molar-refractivity contribution in [1.82, 2.24) is 0 Å². The summed E-state index contributed by atoms with van der Waals surface area (Å²) in [6.45, 7) is 1.69. The van der Waals surface area contributed by atoms with Gasteiger partial charge in [0.15, 0.2) is 12.4 Å². The third kappa shape index (κ3) is 5.01. The minimum atomic E-state index is -0.505. The van der Waals surface area contributed by atoms with Gasteiger partial charge in [-0.1, -0.05) is 29.8 Å². The highest BCUT2D eigenvalue weighted by atomic mass is 79.9. The molecule has 0 spiro atoms. The highest BCUT2D eigenvalue weighted by Gasteiger charge is 2.36. The Kier molecular flexibility index (Phi) is 7.00. The van der Waals surface area contributed by atoms with Gasteiger partial charge in [0.05, 0.1) is 26.7 Å². The number of rotatable bonds is 6. The quantitative estimate of drug-likeness (QED) is 0.400. The number of thioether (sulfide) groups is 1. The van der Waals surface area contributed by atoms with E-state index < -0.39 is 11.9 Å². The van der Waals surface area contributed by atoms with Gasteiger partial charge in [-0.3, -0.25) is 9.59 Å². The third-order valence-electron chi connectivity index (χ3n) is 3.77. The molecule has 1 aliphatic rings. The Hall–Kier alpha value is -2.29. The number of halogens is 2. The van der Waals surface area contributed by atoms with E-state index in [2.05, 4.69) is 15.9 Å². The van der Waals surface area contributed by atoms with Crippen molar-refractivity contribution in [2.24, 2.45) is 0 Å². The van der Waals surface area contributed by atoms with E-state index in [4.69, 9.17) is 21.1 Å². The van der Waals surface area contributed by atoms with Crippen LogP contribution in [-0.2, 0) is 14.3 Å². The number of ether oxygens (including phenoxy) is 2. The molecule has 6 nitrogen and oxygen atoms in total.